The Bertz CT molecular complexity index is 585. The second kappa shape index (κ2) is 5.88. The molecular formula is C12H17N3O4S. The number of ether oxygens (including phenoxy) is 1. The first kappa shape index (κ1) is 14.9. The standard InChI is InChI=1S/C12H17N3O4S/c1-19-9-6-11(14-7-9)12(16)15-8-2-4-10(5-3-8)20(13,17)18/h2-5,9,11,14H,6-7H2,1H3,(H,15,16)(H2,13,17,18). The van der Waals surface area contributed by atoms with Crippen molar-refractivity contribution in [1.82, 2.24) is 5.32 Å². The average molecular weight is 299 g/mol. The molecule has 1 saturated heterocycles. The highest BCUT2D eigenvalue weighted by atomic mass is 32.2. The van der Waals surface area contributed by atoms with Gasteiger partial charge >= 0.3 is 0 Å². The van der Waals surface area contributed by atoms with Crippen molar-refractivity contribution in [2.45, 2.75) is 23.5 Å². The molecule has 1 aliphatic rings. The number of hydrogen-bond acceptors (Lipinski definition) is 5. The quantitative estimate of drug-likeness (QED) is 0.704. The van der Waals surface area contributed by atoms with Crippen LogP contribution in [-0.2, 0) is 19.6 Å². The molecule has 0 aromatic heterocycles. The first-order valence-electron chi connectivity index (χ1n) is 6.10. The van der Waals surface area contributed by atoms with E-state index in [9.17, 15) is 13.2 Å². The zero-order valence-electron chi connectivity index (χ0n) is 11.0. The van der Waals surface area contributed by atoms with Gasteiger partial charge in [-0.05, 0) is 30.7 Å². The lowest BCUT2D eigenvalue weighted by atomic mass is 10.2. The highest BCUT2D eigenvalue weighted by molar-refractivity contribution is 7.89. The zero-order chi connectivity index (χ0) is 14.8. The number of methoxy groups -OCH3 is 1. The average Bonchev–Trinajstić information content (AvgIpc) is 2.87. The Labute approximate surface area is 117 Å². The number of anilines is 1. The van der Waals surface area contributed by atoms with Crippen molar-refractivity contribution in [2.24, 2.45) is 5.14 Å². The van der Waals surface area contributed by atoms with Gasteiger partial charge in [-0.25, -0.2) is 13.6 Å². The highest BCUT2D eigenvalue weighted by Crippen LogP contribution is 2.15. The third-order valence-electron chi connectivity index (χ3n) is 3.19. The second-order valence-electron chi connectivity index (χ2n) is 4.61. The zero-order valence-corrected chi connectivity index (χ0v) is 11.8. The molecule has 2 atom stereocenters. The number of carbonyl (C=O) groups is 1. The summed E-state index contributed by atoms with van der Waals surface area (Å²) in [4.78, 5) is 12.0. The minimum atomic E-state index is -3.72. The van der Waals surface area contributed by atoms with Crippen LogP contribution in [-0.4, -0.2) is 40.1 Å². The number of benzene rings is 1. The Hall–Kier alpha value is -1.48. The lowest BCUT2D eigenvalue weighted by Crippen LogP contribution is -2.35. The van der Waals surface area contributed by atoms with Crippen LogP contribution in [0.4, 0.5) is 5.69 Å². The maximum Gasteiger partial charge on any atom is 0.241 e. The molecule has 20 heavy (non-hydrogen) atoms. The summed E-state index contributed by atoms with van der Waals surface area (Å²) < 4.78 is 27.4. The van der Waals surface area contributed by atoms with E-state index in [1.807, 2.05) is 0 Å². The summed E-state index contributed by atoms with van der Waals surface area (Å²) in [6.45, 7) is 0.638. The third-order valence-corrected chi connectivity index (χ3v) is 4.12. The van der Waals surface area contributed by atoms with E-state index in [0.29, 0.717) is 18.7 Å². The Kier molecular flexibility index (Phi) is 4.39. The summed E-state index contributed by atoms with van der Waals surface area (Å²) in [5.74, 6) is -0.173. The molecule has 2 rings (SSSR count). The monoisotopic (exact) mass is 299 g/mol. The predicted octanol–water partition coefficient (Wildman–Crippen LogP) is -0.351. The fourth-order valence-electron chi connectivity index (χ4n) is 2.04. The third kappa shape index (κ3) is 3.54. The Morgan fingerprint density at radius 2 is 2.05 bits per heavy atom. The molecule has 0 spiro atoms. The van der Waals surface area contributed by atoms with Gasteiger partial charge in [-0.15, -0.1) is 0 Å². The van der Waals surface area contributed by atoms with E-state index in [1.54, 1.807) is 7.11 Å². The molecule has 1 amide bonds. The van der Waals surface area contributed by atoms with Gasteiger partial charge in [-0.2, -0.15) is 0 Å². The number of amides is 1. The van der Waals surface area contributed by atoms with E-state index < -0.39 is 10.0 Å². The fraction of sp³-hybridized carbons (Fsp3) is 0.417. The second-order valence-corrected chi connectivity index (χ2v) is 6.17. The number of nitrogens with two attached hydrogens (primary N) is 1. The first-order valence-corrected chi connectivity index (χ1v) is 7.64. The van der Waals surface area contributed by atoms with E-state index in [4.69, 9.17) is 9.88 Å². The van der Waals surface area contributed by atoms with Crippen LogP contribution in [0.15, 0.2) is 29.2 Å². The van der Waals surface area contributed by atoms with Gasteiger partial charge in [0.15, 0.2) is 0 Å². The van der Waals surface area contributed by atoms with E-state index in [0.717, 1.165) is 0 Å². The number of sulfonamides is 1. The molecule has 7 nitrogen and oxygen atoms in total. The van der Waals surface area contributed by atoms with Crippen molar-refractivity contribution in [2.75, 3.05) is 19.0 Å². The van der Waals surface area contributed by atoms with Crippen molar-refractivity contribution in [3.63, 3.8) is 0 Å². The van der Waals surface area contributed by atoms with Crippen LogP contribution in [0.2, 0.25) is 0 Å². The molecule has 4 N–H and O–H groups in total. The molecule has 8 heteroatoms. The Morgan fingerprint density at radius 1 is 1.40 bits per heavy atom. The minimum Gasteiger partial charge on any atom is -0.380 e. The van der Waals surface area contributed by atoms with Gasteiger partial charge in [0.05, 0.1) is 17.0 Å². The molecule has 0 saturated carbocycles. The Balaban J connectivity index is 1.98. The van der Waals surface area contributed by atoms with Crippen molar-refractivity contribution in [3.05, 3.63) is 24.3 Å². The van der Waals surface area contributed by atoms with Crippen LogP contribution in [0.3, 0.4) is 0 Å². The molecule has 1 heterocycles. The molecule has 2 unspecified atom stereocenters. The number of carbonyl (C=O) groups excluding carboxylic acids is 1. The molecule has 1 aromatic carbocycles. The summed E-state index contributed by atoms with van der Waals surface area (Å²) in [6.07, 6.45) is 0.646. The fourth-order valence-corrected chi connectivity index (χ4v) is 2.56. The minimum absolute atomic E-state index is 0.00828. The Morgan fingerprint density at radius 3 is 2.55 bits per heavy atom. The number of primary sulfonamides is 1. The van der Waals surface area contributed by atoms with Gasteiger partial charge in [0.1, 0.15) is 0 Å². The number of hydrogen-bond donors (Lipinski definition) is 3. The van der Waals surface area contributed by atoms with Gasteiger partial charge in [0, 0.05) is 19.3 Å². The van der Waals surface area contributed by atoms with Crippen LogP contribution in [0.5, 0.6) is 0 Å². The highest BCUT2D eigenvalue weighted by Gasteiger charge is 2.29. The first-order chi connectivity index (χ1) is 9.40. The van der Waals surface area contributed by atoms with Crippen molar-refractivity contribution < 1.29 is 17.9 Å². The van der Waals surface area contributed by atoms with Gasteiger partial charge in [0.2, 0.25) is 15.9 Å². The molecule has 1 aromatic rings. The van der Waals surface area contributed by atoms with E-state index in [2.05, 4.69) is 10.6 Å². The molecule has 0 bridgehead atoms. The van der Waals surface area contributed by atoms with Crippen LogP contribution in [0.1, 0.15) is 6.42 Å². The molecular weight excluding hydrogens is 282 g/mol. The van der Waals surface area contributed by atoms with Gasteiger partial charge in [0.25, 0.3) is 0 Å². The molecule has 0 aliphatic carbocycles. The van der Waals surface area contributed by atoms with Gasteiger partial charge in [-0.1, -0.05) is 0 Å². The molecule has 1 aliphatic heterocycles. The maximum absolute atomic E-state index is 12.0. The smallest absolute Gasteiger partial charge is 0.241 e. The summed E-state index contributed by atoms with van der Waals surface area (Å²) >= 11 is 0. The van der Waals surface area contributed by atoms with Crippen LogP contribution in [0, 0.1) is 0 Å². The lowest BCUT2D eigenvalue weighted by Gasteiger charge is -2.11. The predicted molar refractivity (Wildman–Crippen MR) is 73.6 cm³/mol. The van der Waals surface area contributed by atoms with Crippen LogP contribution in [0.25, 0.3) is 0 Å². The molecule has 0 radical (unpaired) electrons. The SMILES string of the molecule is COC1CNC(C(=O)Nc2ccc(S(N)(=O)=O)cc2)C1. The largest absolute Gasteiger partial charge is 0.380 e. The van der Waals surface area contributed by atoms with Crippen molar-refractivity contribution in [1.29, 1.82) is 0 Å². The van der Waals surface area contributed by atoms with Crippen molar-refractivity contribution in [3.8, 4) is 0 Å². The molecule has 1 fully saturated rings. The van der Waals surface area contributed by atoms with Gasteiger partial charge < -0.3 is 15.4 Å². The van der Waals surface area contributed by atoms with Crippen molar-refractivity contribution >= 4 is 21.6 Å². The maximum atomic E-state index is 12.0. The van der Waals surface area contributed by atoms with E-state index >= 15 is 0 Å². The summed E-state index contributed by atoms with van der Waals surface area (Å²) in [6, 6.07) is 5.40. The van der Waals surface area contributed by atoms with Crippen LogP contribution < -0.4 is 15.8 Å². The number of rotatable bonds is 4. The van der Waals surface area contributed by atoms with E-state index in [-0.39, 0.29) is 22.9 Å². The normalized spacial score (nSPS) is 22.7. The summed E-state index contributed by atoms with van der Waals surface area (Å²) in [5, 5.41) is 10.8. The summed E-state index contributed by atoms with van der Waals surface area (Å²) in [7, 11) is -2.11. The van der Waals surface area contributed by atoms with Gasteiger partial charge in [-0.3, -0.25) is 4.79 Å². The van der Waals surface area contributed by atoms with E-state index in [1.165, 1.54) is 24.3 Å². The molecule has 110 valence electrons. The lowest BCUT2D eigenvalue weighted by molar-refractivity contribution is -0.118. The summed E-state index contributed by atoms with van der Waals surface area (Å²) in [5.41, 5.74) is 0.519. The topological polar surface area (TPSA) is 111 Å². The number of nitrogens with one attached hydrogen (secondary N) is 2. The van der Waals surface area contributed by atoms with Crippen LogP contribution >= 0.6 is 0 Å².